The predicted octanol–water partition coefficient (Wildman–Crippen LogP) is 2.06. The molecule has 3 N–H and O–H groups in total. The molecule has 5 nitrogen and oxygen atoms in total. The Bertz CT molecular complexity index is 539. The van der Waals surface area contributed by atoms with Crippen LogP contribution >= 0.6 is 0 Å². The molecule has 122 valence electrons. The van der Waals surface area contributed by atoms with Crippen LogP contribution in [0.1, 0.15) is 56.3 Å². The summed E-state index contributed by atoms with van der Waals surface area (Å²) in [6.45, 7) is 4.03. The van der Waals surface area contributed by atoms with Gasteiger partial charge in [0.15, 0.2) is 0 Å². The normalized spacial score (nSPS) is 32.5. The molecule has 2 bridgehead atoms. The van der Waals surface area contributed by atoms with Crippen molar-refractivity contribution in [1.82, 2.24) is 15.1 Å². The highest BCUT2D eigenvalue weighted by atomic mass is 16.1. The number of rotatable bonds is 3. The number of carbonyl (C=O) groups excluding carboxylic acids is 1. The highest BCUT2D eigenvalue weighted by Crippen LogP contribution is 2.42. The minimum Gasteiger partial charge on any atom is -0.349 e. The summed E-state index contributed by atoms with van der Waals surface area (Å²) in [6.07, 6.45) is 7.58. The largest absolute Gasteiger partial charge is 0.349 e. The molecule has 3 atom stereocenters. The van der Waals surface area contributed by atoms with Crippen molar-refractivity contribution in [3.05, 3.63) is 17.5 Å². The first kappa shape index (κ1) is 15.5. The lowest BCUT2D eigenvalue weighted by molar-refractivity contribution is -0.128. The third kappa shape index (κ3) is 2.91. The monoisotopic (exact) mass is 304 g/mol. The molecular formula is C17H28N4O. The third-order valence-corrected chi connectivity index (χ3v) is 5.66. The Hall–Kier alpha value is -1.36. The summed E-state index contributed by atoms with van der Waals surface area (Å²) in [5.74, 6) is 1.41. The van der Waals surface area contributed by atoms with Gasteiger partial charge in [0.05, 0.1) is 11.7 Å². The van der Waals surface area contributed by atoms with Gasteiger partial charge in [0.1, 0.15) is 0 Å². The zero-order valence-corrected chi connectivity index (χ0v) is 13.9. The van der Waals surface area contributed by atoms with E-state index in [4.69, 9.17) is 5.73 Å². The molecule has 3 rings (SSSR count). The molecule has 0 saturated heterocycles. The summed E-state index contributed by atoms with van der Waals surface area (Å²) in [6, 6.07) is 0.326. The number of hydrogen-bond acceptors (Lipinski definition) is 3. The van der Waals surface area contributed by atoms with Gasteiger partial charge < -0.3 is 11.1 Å². The highest BCUT2D eigenvalue weighted by Gasteiger charge is 2.40. The average molecular weight is 304 g/mol. The van der Waals surface area contributed by atoms with Gasteiger partial charge in [0.25, 0.3) is 0 Å². The van der Waals surface area contributed by atoms with Gasteiger partial charge in [-0.3, -0.25) is 9.48 Å². The molecule has 2 aliphatic rings. The first-order valence-electron chi connectivity index (χ1n) is 8.51. The molecule has 2 aliphatic carbocycles. The quantitative estimate of drug-likeness (QED) is 0.897. The first-order valence-corrected chi connectivity index (χ1v) is 8.51. The van der Waals surface area contributed by atoms with Crippen molar-refractivity contribution in [1.29, 1.82) is 0 Å². The Kier molecular flexibility index (Phi) is 4.26. The smallest absolute Gasteiger partial charge is 0.223 e. The molecule has 3 unspecified atom stereocenters. The number of fused-ring (bicyclic) bond motifs is 2. The molecule has 2 saturated carbocycles. The zero-order valence-electron chi connectivity index (χ0n) is 13.9. The van der Waals surface area contributed by atoms with E-state index in [0.29, 0.717) is 17.9 Å². The second-order valence-corrected chi connectivity index (χ2v) is 7.27. The van der Waals surface area contributed by atoms with Crippen LogP contribution in [0.4, 0.5) is 0 Å². The fraction of sp³-hybridized carbons (Fsp3) is 0.765. The van der Waals surface area contributed by atoms with Gasteiger partial charge >= 0.3 is 0 Å². The molecule has 5 heteroatoms. The Labute approximate surface area is 132 Å². The highest BCUT2D eigenvalue weighted by molar-refractivity contribution is 5.79. The van der Waals surface area contributed by atoms with Crippen LogP contribution < -0.4 is 11.1 Å². The van der Waals surface area contributed by atoms with Crippen molar-refractivity contribution >= 4 is 5.91 Å². The number of aryl methyl sites for hydroxylation is 2. The molecule has 0 radical (unpaired) electrons. The van der Waals surface area contributed by atoms with Crippen molar-refractivity contribution in [2.45, 2.75) is 58.0 Å². The lowest BCUT2D eigenvalue weighted by atomic mass is 9.65. The summed E-state index contributed by atoms with van der Waals surface area (Å²) < 4.78 is 1.80. The number of hydrogen-bond donors (Lipinski definition) is 2. The van der Waals surface area contributed by atoms with E-state index in [-0.39, 0.29) is 17.9 Å². The fourth-order valence-corrected chi connectivity index (χ4v) is 4.46. The van der Waals surface area contributed by atoms with E-state index in [1.165, 1.54) is 19.3 Å². The first-order chi connectivity index (χ1) is 10.5. The van der Waals surface area contributed by atoms with E-state index in [9.17, 15) is 4.79 Å². The topological polar surface area (TPSA) is 72.9 Å². The minimum atomic E-state index is 0.0108. The lowest BCUT2D eigenvalue weighted by Gasteiger charge is -2.43. The Morgan fingerprint density at radius 3 is 2.59 bits per heavy atom. The molecule has 22 heavy (non-hydrogen) atoms. The summed E-state index contributed by atoms with van der Waals surface area (Å²) in [5, 5.41) is 7.55. The van der Waals surface area contributed by atoms with Crippen LogP contribution in [0.5, 0.6) is 0 Å². The van der Waals surface area contributed by atoms with Gasteiger partial charge in [0.2, 0.25) is 5.91 Å². The third-order valence-electron chi connectivity index (χ3n) is 5.66. The lowest BCUT2D eigenvalue weighted by Crippen LogP contribution is -2.49. The molecule has 0 aromatic carbocycles. The van der Waals surface area contributed by atoms with Crippen LogP contribution in [-0.2, 0) is 11.8 Å². The zero-order chi connectivity index (χ0) is 15.9. The molecule has 0 aliphatic heterocycles. The molecule has 1 amide bonds. The van der Waals surface area contributed by atoms with Gasteiger partial charge in [-0.15, -0.1) is 0 Å². The van der Waals surface area contributed by atoms with Crippen molar-refractivity contribution in [2.24, 2.45) is 30.5 Å². The van der Waals surface area contributed by atoms with Crippen LogP contribution in [0.3, 0.4) is 0 Å². The molecule has 0 spiro atoms. The predicted molar refractivity (Wildman–Crippen MR) is 86.0 cm³/mol. The van der Waals surface area contributed by atoms with E-state index < -0.39 is 0 Å². The van der Waals surface area contributed by atoms with Gasteiger partial charge in [-0.25, -0.2) is 0 Å². The number of nitrogens with two attached hydrogens (primary N) is 1. The second-order valence-electron chi connectivity index (χ2n) is 7.27. The summed E-state index contributed by atoms with van der Waals surface area (Å²) in [5.41, 5.74) is 8.40. The van der Waals surface area contributed by atoms with E-state index in [1.54, 1.807) is 4.68 Å². The van der Waals surface area contributed by atoms with Crippen LogP contribution in [0.2, 0.25) is 0 Å². The maximum Gasteiger partial charge on any atom is 0.223 e. The minimum absolute atomic E-state index is 0.0108. The van der Waals surface area contributed by atoms with Crippen molar-refractivity contribution < 1.29 is 4.79 Å². The number of carbonyl (C=O) groups is 1. The van der Waals surface area contributed by atoms with Gasteiger partial charge in [-0.1, -0.05) is 6.42 Å². The van der Waals surface area contributed by atoms with Crippen LogP contribution in [-0.4, -0.2) is 21.7 Å². The summed E-state index contributed by atoms with van der Waals surface area (Å²) in [4.78, 5) is 12.7. The second kappa shape index (κ2) is 6.03. The molecule has 1 aromatic rings. The molecular weight excluding hydrogens is 276 g/mol. The number of nitrogens with one attached hydrogen (secondary N) is 1. The Morgan fingerprint density at radius 2 is 2.05 bits per heavy atom. The SMILES string of the molecule is Cc1nn(C)cc1C(C)NC(=O)C1CC2CCCC(C1)C2N. The maximum atomic E-state index is 12.7. The van der Waals surface area contributed by atoms with E-state index >= 15 is 0 Å². The Morgan fingerprint density at radius 1 is 1.41 bits per heavy atom. The van der Waals surface area contributed by atoms with Crippen molar-refractivity contribution in [3.8, 4) is 0 Å². The maximum absolute atomic E-state index is 12.7. The number of nitrogens with zero attached hydrogens (tertiary/aromatic N) is 2. The van der Waals surface area contributed by atoms with E-state index in [0.717, 1.165) is 24.1 Å². The molecule has 1 aromatic heterocycles. The molecule has 2 fully saturated rings. The van der Waals surface area contributed by atoms with Crippen molar-refractivity contribution in [2.75, 3.05) is 0 Å². The van der Waals surface area contributed by atoms with Gasteiger partial charge in [-0.2, -0.15) is 5.10 Å². The number of aromatic nitrogens is 2. The van der Waals surface area contributed by atoms with E-state index in [2.05, 4.69) is 10.4 Å². The molecule has 1 heterocycles. The summed E-state index contributed by atoms with van der Waals surface area (Å²) >= 11 is 0. The van der Waals surface area contributed by atoms with Crippen LogP contribution in [0.15, 0.2) is 6.20 Å². The van der Waals surface area contributed by atoms with Crippen molar-refractivity contribution in [3.63, 3.8) is 0 Å². The van der Waals surface area contributed by atoms with Crippen LogP contribution in [0, 0.1) is 24.7 Å². The van der Waals surface area contributed by atoms with Gasteiger partial charge in [-0.05, 0) is 51.4 Å². The van der Waals surface area contributed by atoms with Crippen LogP contribution in [0.25, 0.3) is 0 Å². The summed E-state index contributed by atoms with van der Waals surface area (Å²) in [7, 11) is 1.91. The fourth-order valence-electron chi connectivity index (χ4n) is 4.46. The number of amides is 1. The Balaban J connectivity index is 1.63. The van der Waals surface area contributed by atoms with E-state index in [1.807, 2.05) is 27.1 Å². The standard InChI is InChI=1S/C17H28N4O/c1-10(15-9-21(3)20-11(15)2)19-17(22)14-7-12-5-4-6-13(8-14)16(12)18/h9-10,12-14,16H,4-8,18H2,1-3H3,(H,19,22). The van der Waals surface area contributed by atoms with Gasteiger partial charge in [0, 0.05) is 30.8 Å². The average Bonchev–Trinajstić information content (AvgIpc) is 2.77.